The zero-order valence-electron chi connectivity index (χ0n) is 17.9. The molecule has 0 atom stereocenters. The number of rotatable bonds is 6. The Morgan fingerprint density at radius 1 is 1.09 bits per heavy atom. The lowest BCUT2D eigenvalue weighted by Crippen LogP contribution is -2.13. The van der Waals surface area contributed by atoms with Crippen LogP contribution in [0.4, 0.5) is 11.5 Å². The smallest absolute Gasteiger partial charge is 0.263 e. The first kappa shape index (κ1) is 21.7. The van der Waals surface area contributed by atoms with Crippen molar-refractivity contribution in [3.05, 3.63) is 77.2 Å². The van der Waals surface area contributed by atoms with Crippen molar-refractivity contribution in [2.24, 2.45) is 0 Å². The molecule has 7 nitrogen and oxygen atoms in total. The van der Waals surface area contributed by atoms with Crippen molar-refractivity contribution in [3.63, 3.8) is 0 Å². The van der Waals surface area contributed by atoms with E-state index in [2.05, 4.69) is 25.5 Å². The van der Waals surface area contributed by atoms with Crippen molar-refractivity contribution in [2.45, 2.75) is 43.0 Å². The highest BCUT2D eigenvalue weighted by molar-refractivity contribution is 7.92. The first-order valence-corrected chi connectivity index (χ1v) is 12.7. The SMILES string of the molecule is Nc1ncnc2c1c(Cc1cccc(NS(=O)(=O)c3ccccc3Cl)c1)cn2C1CCCC1. The molecule has 3 N–H and O–H groups in total. The number of fused-ring (bicyclic) bond motifs is 1. The average molecular weight is 482 g/mol. The molecule has 1 fully saturated rings. The second kappa shape index (κ2) is 8.68. The first-order chi connectivity index (χ1) is 15.9. The van der Waals surface area contributed by atoms with Crippen LogP contribution in [0.5, 0.6) is 0 Å². The predicted octanol–water partition coefficient (Wildman–Crippen LogP) is 5.17. The highest BCUT2D eigenvalue weighted by Gasteiger charge is 2.23. The highest BCUT2D eigenvalue weighted by atomic mass is 35.5. The van der Waals surface area contributed by atoms with Crippen molar-refractivity contribution >= 4 is 44.2 Å². The van der Waals surface area contributed by atoms with Gasteiger partial charge in [-0.25, -0.2) is 18.4 Å². The summed E-state index contributed by atoms with van der Waals surface area (Å²) < 4.78 is 30.5. The number of benzene rings is 2. The molecule has 2 heterocycles. The van der Waals surface area contributed by atoms with Gasteiger partial charge in [-0.2, -0.15) is 0 Å². The molecule has 2 aromatic carbocycles. The van der Waals surface area contributed by atoms with Gasteiger partial charge in [-0.05, 0) is 54.7 Å². The van der Waals surface area contributed by atoms with Gasteiger partial charge in [0.05, 0.1) is 10.4 Å². The van der Waals surface area contributed by atoms with E-state index in [-0.39, 0.29) is 9.92 Å². The molecule has 0 unspecified atom stereocenters. The van der Waals surface area contributed by atoms with E-state index in [0.717, 1.165) is 35.0 Å². The maximum Gasteiger partial charge on any atom is 0.263 e. The minimum absolute atomic E-state index is 0.0432. The van der Waals surface area contributed by atoms with Crippen LogP contribution in [0.25, 0.3) is 11.0 Å². The fraction of sp³-hybridized carbons (Fsp3) is 0.250. The van der Waals surface area contributed by atoms with Crippen LogP contribution in [0.3, 0.4) is 0 Å². The molecule has 1 aliphatic carbocycles. The Morgan fingerprint density at radius 3 is 2.67 bits per heavy atom. The molecule has 0 aliphatic heterocycles. The van der Waals surface area contributed by atoms with E-state index in [1.54, 1.807) is 24.3 Å². The number of hydrogen-bond donors (Lipinski definition) is 2. The van der Waals surface area contributed by atoms with Crippen LogP contribution in [0.1, 0.15) is 42.9 Å². The molecule has 5 rings (SSSR count). The van der Waals surface area contributed by atoms with Gasteiger partial charge in [0.2, 0.25) is 0 Å². The molecular weight excluding hydrogens is 458 g/mol. The average Bonchev–Trinajstić information content (AvgIpc) is 3.43. The van der Waals surface area contributed by atoms with E-state index in [0.29, 0.717) is 24.0 Å². The largest absolute Gasteiger partial charge is 0.383 e. The zero-order chi connectivity index (χ0) is 23.0. The number of anilines is 2. The number of nitrogens with two attached hydrogens (primary N) is 1. The van der Waals surface area contributed by atoms with Gasteiger partial charge in [0.1, 0.15) is 22.7 Å². The second-order valence-electron chi connectivity index (χ2n) is 8.37. The molecule has 1 saturated carbocycles. The molecule has 0 saturated heterocycles. The van der Waals surface area contributed by atoms with Gasteiger partial charge in [-0.1, -0.05) is 48.7 Å². The molecule has 4 aromatic rings. The standard InChI is InChI=1S/C24H24ClN5O2S/c25-20-10-3-4-11-21(20)33(31,32)29-18-7-5-6-16(13-18)12-17-14-30(19-8-1-2-9-19)24-22(17)23(26)27-15-28-24/h3-7,10-11,13-15,19,29H,1-2,8-9,12H2,(H2,26,27,28). The minimum Gasteiger partial charge on any atom is -0.383 e. The first-order valence-electron chi connectivity index (χ1n) is 10.9. The van der Waals surface area contributed by atoms with E-state index >= 15 is 0 Å². The summed E-state index contributed by atoms with van der Waals surface area (Å²) in [7, 11) is -3.81. The van der Waals surface area contributed by atoms with Gasteiger partial charge in [0.25, 0.3) is 10.0 Å². The van der Waals surface area contributed by atoms with Gasteiger partial charge >= 0.3 is 0 Å². The summed E-state index contributed by atoms with van der Waals surface area (Å²) in [4.78, 5) is 8.77. The van der Waals surface area contributed by atoms with Crippen molar-refractivity contribution in [2.75, 3.05) is 10.5 Å². The van der Waals surface area contributed by atoms with Crippen molar-refractivity contribution in [1.29, 1.82) is 0 Å². The monoisotopic (exact) mass is 481 g/mol. The van der Waals surface area contributed by atoms with Crippen LogP contribution in [0.15, 0.2) is 66.0 Å². The number of hydrogen-bond acceptors (Lipinski definition) is 5. The predicted molar refractivity (Wildman–Crippen MR) is 131 cm³/mol. The Hall–Kier alpha value is -3.10. The summed E-state index contributed by atoms with van der Waals surface area (Å²) >= 11 is 6.09. The van der Waals surface area contributed by atoms with Gasteiger partial charge in [-0.3, -0.25) is 4.72 Å². The van der Waals surface area contributed by atoms with Crippen molar-refractivity contribution in [1.82, 2.24) is 14.5 Å². The summed E-state index contributed by atoms with van der Waals surface area (Å²) in [5.74, 6) is 0.460. The topological polar surface area (TPSA) is 103 Å². The molecule has 0 bridgehead atoms. The van der Waals surface area contributed by atoms with E-state index in [9.17, 15) is 8.42 Å². The van der Waals surface area contributed by atoms with Crippen LogP contribution in [0.2, 0.25) is 5.02 Å². The Labute approximate surface area is 197 Å². The molecule has 33 heavy (non-hydrogen) atoms. The van der Waals surface area contributed by atoms with Crippen molar-refractivity contribution in [3.8, 4) is 0 Å². The third-order valence-electron chi connectivity index (χ3n) is 6.14. The molecule has 1 aliphatic rings. The van der Waals surface area contributed by atoms with E-state index in [4.69, 9.17) is 17.3 Å². The molecule has 9 heteroatoms. The van der Waals surface area contributed by atoms with Crippen LogP contribution >= 0.6 is 11.6 Å². The fourth-order valence-corrected chi connectivity index (χ4v) is 6.19. The Kier molecular flexibility index (Phi) is 5.72. The lowest BCUT2D eigenvalue weighted by molar-refractivity contribution is 0.531. The number of nitrogens with zero attached hydrogens (tertiary/aromatic N) is 3. The second-order valence-corrected chi connectivity index (χ2v) is 10.4. The third kappa shape index (κ3) is 4.28. The van der Waals surface area contributed by atoms with Crippen LogP contribution < -0.4 is 10.5 Å². The molecule has 0 radical (unpaired) electrons. The molecule has 0 amide bonds. The Bertz CT molecular complexity index is 1430. The third-order valence-corrected chi connectivity index (χ3v) is 8.02. The lowest BCUT2D eigenvalue weighted by Gasteiger charge is -2.12. The molecular formula is C24H24ClN5O2S. The van der Waals surface area contributed by atoms with Gasteiger partial charge in [-0.15, -0.1) is 0 Å². The van der Waals surface area contributed by atoms with Gasteiger partial charge in [0, 0.05) is 17.9 Å². The minimum atomic E-state index is -3.81. The van der Waals surface area contributed by atoms with Crippen LogP contribution in [-0.4, -0.2) is 23.0 Å². The number of aromatic nitrogens is 3. The summed E-state index contributed by atoms with van der Waals surface area (Å²) in [5.41, 5.74) is 9.55. The number of sulfonamides is 1. The number of nitrogens with one attached hydrogen (secondary N) is 1. The number of nitrogen functional groups attached to an aromatic ring is 1. The highest BCUT2D eigenvalue weighted by Crippen LogP contribution is 2.35. The Balaban J connectivity index is 1.47. The summed E-state index contributed by atoms with van der Waals surface area (Å²) in [5, 5.41) is 1.04. The number of halogens is 1. The lowest BCUT2D eigenvalue weighted by atomic mass is 10.0. The van der Waals surface area contributed by atoms with E-state index in [1.165, 1.54) is 25.2 Å². The van der Waals surface area contributed by atoms with Crippen LogP contribution in [-0.2, 0) is 16.4 Å². The van der Waals surface area contributed by atoms with Crippen molar-refractivity contribution < 1.29 is 8.42 Å². The summed E-state index contributed by atoms with van der Waals surface area (Å²) in [6.45, 7) is 0. The quantitative estimate of drug-likeness (QED) is 0.395. The molecule has 170 valence electrons. The van der Waals surface area contributed by atoms with Gasteiger partial charge < -0.3 is 10.3 Å². The molecule has 2 aromatic heterocycles. The normalized spacial score (nSPS) is 14.7. The Morgan fingerprint density at radius 2 is 1.88 bits per heavy atom. The summed E-state index contributed by atoms with van der Waals surface area (Å²) in [6.07, 6.45) is 8.92. The van der Waals surface area contributed by atoms with E-state index in [1.807, 2.05) is 18.2 Å². The maximum atomic E-state index is 12.8. The maximum absolute atomic E-state index is 12.8. The zero-order valence-corrected chi connectivity index (χ0v) is 19.5. The summed E-state index contributed by atoms with van der Waals surface area (Å²) in [6, 6.07) is 14.1. The molecule has 0 spiro atoms. The fourth-order valence-electron chi connectivity index (χ4n) is 4.62. The van der Waals surface area contributed by atoms with Crippen LogP contribution in [0, 0.1) is 0 Å². The van der Waals surface area contributed by atoms with Gasteiger partial charge in [0.15, 0.2) is 0 Å². The van der Waals surface area contributed by atoms with E-state index < -0.39 is 10.0 Å².